The van der Waals surface area contributed by atoms with Crippen LogP contribution in [-0.4, -0.2) is 48.9 Å². The summed E-state index contributed by atoms with van der Waals surface area (Å²) in [6, 6.07) is 16.5. The SMILES string of the molecule is COc1ccc(C2C(C(=O)O)C(c3ccc4c(c3)OCO4)CN2CC(=O)Nc2c(C)cc(C)cc2C)cc1. The van der Waals surface area contributed by atoms with E-state index in [0.29, 0.717) is 23.8 Å². The molecule has 198 valence electrons. The molecule has 2 aliphatic heterocycles. The Morgan fingerprint density at radius 1 is 0.974 bits per heavy atom. The first-order chi connectivity index (χ1) is 18.2. The summed E-state index contributed by atoms with van der Waals surface area (Å²) in [6.07, 6.45) is 0. The van der Waals surface area contributed by atoms with Crippen LogP contribution in [0.15, 0.2) is 54.6 Å². The highest BCUT2D eigenvalue weighted by molar-refractivity contribution is 5.94. The van der Waals surface area contributed by atoms with Crippen molar-refractivity contribution in [2.45, 2.75) is 32.7 Å². The Morgan fingerprint density at radius 3 is 2.29 bits per heavy atom. The minimum atomic E-state index is -0.915. The van der Waals surface area contributed by atoms with Crippen LogP contribution in [0.25, 0.3) is 0 Å². The van der Waals surface area contributed by atoms with E-state index in [9.17, 15) is 14.7 Å². The van der Waals surface area contributed by atoms with Crippen molar-refractivity contribution in [3.63, 3.8) is 0 Å². The molecule has 1 amide bonds. The van der Waals surface area contributed by atoms with E-state index < -0.39 is 17.9 Å². The molecule has 8 nitrogen and oxygen atoms in total. The summed E-state index contributed by atoms with van der Waals surface area (Å²) in [5.74, 6) is -0.306. The average Bonchev–Trinajstić information content (AvgIpc) is 3.50. The van der Waals surface area contributed by atoms with Gasteiger partial charge in [-0.05, 0) is 67.3 Å². The number of aliphatic carboxylic acids is 1. The van der Waals surface area contributed by atoms with Crippen LogP contribution in [0.2, 0.25) is 0 Å². The highest BCUT2D eigenvalue weighted by Gasteiger charge is 2.48. The van der Waals surface area contributed by atoms with E-state index in [-0.39, 0.29) is 25.2 Å². The lowest BCUT2D eigenvalue weighted by Gasteiger charge is -2.27. The second-order valence-corrected chi connectivity index (χ2v) is 10.1. The zero-order chi connectivity index (χ0) is 27.0. The number of anilines is 1. The van der Waals surface area contributed by atoms with Crippen LogP contribution < -0.4 is 19.5 Å². The number of benzene rings is 3. The Labute approximate surface area is 222 Å². The molecule has 1 fully saturated rings. The number of amides is 1. The molecule has 0 spiro atoms. The normalized spacial score (nSPS) is 20.4. The summed E-state index contributed by atoms with van der Waals surface area (Å²) in [6.45, 7) is 6.56. The van der Waals surface area contributed by atoms with Crippen molar-refractivity contribution in [3.8, 4) is 17.2 Å². The molecule has 1 saturated heterocycles. The molecule has 2 N–H and O–H groups in total. The lowest BCUT2D eigenvalue weighted by Crippen LogP contribution is -2.35. The van der Waals surface area contributed by atoms with Crippen LogP contribution in [0.1, 0.15) is 39.8 Å². The number of likely N-dealkylation sites (tertiary alicyclic amines) is 1. The van der Waals surface area contributed by atoms with E-state index in [1.165, 1.54) is 0 Å². The van der Waals surface area contributed by atoms with Gasteiger partial charge in [0.2, 0.25) is 12.7 Å². The Bertz CT molecular complexity index is 1350. The number of nitrogens with zero attached hydrogens (tertiary/aromatic N) is 1. The van der Waals surface area contributed by atoms with Crippen LogP contribution in [0.3, 0.4) is 0 Å². The topological polar surface area (TPSA) is 97.3 Å². The van der Waals surface area contributed by atoms with Crippen LogP contribution in [0, 0.1) is 26.7 Å². The van der Waals surface area contributed by atoms with Gasteiger partial charge in [0, 0.05) is 24.2 Å². The molecule has 0 aromatic heterocycles. The predicted molar refractivity (Wildman–Crippen MR) is 143 cm³/mol. The van der Waals surface area contributed by atoms with Crippen LogP contribution in [0.5, 0.6) is 17.2 Å². The summed E-state index contributed by atoms with van der Waals surface area (Å²) in [5.41, 5.74) is 5.57. The molecule has 2 heterocycles. The number of fused-ring (bicyclic) bond motifs is 1. The second-order valence-electron chi connectivity index (χ2n) is 10.1. The van der Waals surface area contributed by atoms with E-state index in [1.54, 1.807) is 7.11 Å². The fraction of sp³-hybridized carbons (Fsp3) is 0.333. The van der Waals surface area contributed by atoms with E-state index in [1.807, 2.05) is 80.3 Å². The lowest BCUT2D eigenvalue weighted by molar-refractivity contribution is -0.143. The van der Waals surface area contributed by atoms with E-state index in [4.69, 9.17) is 14.2 Å². The molecule has 0 aliphatic carbocycles. The van der Waals surface area contributed by atoms with Crippen molar-refractivity contribution in [2.75, 3.05) is 32.3 Å². The Balaban J connectivity index is 1.48. The summed E-state index contributed by atoms with van der Waals surface area (Å²) >= 11 is 0. The maximum Gasteiger partial charge on any atom is 0.309 e. The van der Waals surface area contributed by atoms with Gasteiger partial charge < -0.3 is 24.6 Å². The molecule has 3 aromatic carbocycles. The number of carboxylic acids is 1. The van der Waals surface area contributed by atoms with Crippen LogP contribution in [0.4, 0.5) is 5.69 Å². The van der Waals surface area contributed by atoms with Gasteiger partial charge >= 0.3 is 5.97 Å². The number of hydrogen-bond donors (Lipinski definition) is 2. The molecule has 3 aromatic rings. The van der Waals surface area contributed by atoms with Crippen molar-refractivity contribution < 1.29 is 28.9 Å². The zero-order valence-corrected chi connectivity index (χ0v) is 22.0. The molecule has 3 unspecified atom stereocenters. The highest BCUT2D eigenvalue weighted by atomic mass is 16.7. The number of carbonyl (C=O) groups is 2. The summed E-state index contributed by atoms with van der Waals surface area (Å²) in [5, 5.41) is 13.5. The lowest BCUT2D eigenvalue weighted by atomic mass is 9.82. The first-order valence-corrected chi connectivity index (χ1v) is 12.6. The Morgan fingerprint density at radius 2 is 1.63 bits per heavy atom. The van der Waals surface area contributed by atoms with Gasteiger partial charge in [0.15, 0.2) is 11.5 Å². The smallest absolute Gasteiger partial charge is 0.309 e. The van der Waals surface area contributed by atoms with Crippen molar-refractivity contribution in [1.82, 2.24) is 4.90 Å². The fourth-order valence-corrected chi connectivity index (χ4v) is 5.81. The van der Waals surface area contributed by atoms with E-state index in [0.717, 1.165) is 33.5 Å². The first kappa shape index (κ1) is 25.6. The number of ether oxygens (including phenoxy) is 3. The maximum atomic E-state index is 13.4. The van der Waals surface area contributed by atoms with Gasteiger partial charge in [-0.2, -0.15) is 0 Å². The van der Waals surface area contributed by atoms with Crippen molar-refractivity contribution >= 4 is 17.6 Å². The third-order valence-corrected chi connectivity index (χ3v) is 7.45. The number of nitrogens with one attached hydrogen (secondary N) is 1. The van der Waals surface area contributed by atoms with Crippen molar-refractivity contribution in [2.24, 2.45) is 5.92 Å². The molecule has 38 heavy (non-hydrogen) atoms. The van der Waals surface area contributed by atoms with Gasteiger partial charge in [-0.25, -0.2) is 0 Å². The monoisotopic (exact) mass is 516 g/mol. The number of carboxylic acid groups (broad SMARTS) is 1. The summed E-state index contributed by atoms with van der Waals surface area (Å²) < 4.78 is 16.3. The maximum absolute atomic E-state index is 13.4. The predicted octanol–water partition coefficient (Wildman–Crippen LogP) is 4.83. The number of carbonyl (C=O) groups excluding carboxylic acids is 1. The molecule has 0 radical (unpaired) electrons. The zero-order valence-electron chi connectivity index (χ0n) is 22.0. The van der Waals surface area contributed by atoms with Gasteiger partial charge in [0.05, 0.1) is 19.6 Å². The van der Waals surface area contributed by atoms with E-state index in [2.05, 4.69) is 5.32 Å². The molecule has 0 saturated carbocycles. The fourth-order valence-electron chi connectivity index (χ4n) is 5.81. The number of methoxy groups -OCH3 is 1. The van der Waals surface area contributed by atoms with E-state index >= 15 is 0 Å². The number of hydrogen-bond acceptors (Lipinski definition) is 6. The molecule has 8 heteroatoms. The quantitative estimate of drug-likeness (QED) is 0.464. The second kappa shape index (κ2) is 10.4. The largest absolute Gasteiger partial charge is 0.497 e. The van der Waals surface area contributed by atoms with Crippen molar-refractivity contribution in [1.29, 1.82) is 0 Å². The van der Waals surface area contributed by atoms with Gasteiger partial charge in [-0.15, -0.1) is 0 Å². The van der Waals surface area contributed by atoms with Gasteiger partial charge in [0.25, 0.3) is 0 Å². The molecular weight excluding hydrogens is 484 g/mol. The Kier molecular flexibility index (Phi) is 6.99. The van der Waals surface area contributed by atoms with Gasteiger partial charge in [0.1, 0.15) is 5.75 Å². The molecule has 0 bridgehead atoms. The summed E-state index contributed by atoms with van der Waals surface area (Å²) in [7, 11) is 1.59. The molecule has 2 aliphatic rings. The minimum Gasteiger partial charge on any atom is -0.497 e. The van der Waals surface area contributed by atoms with Crippen LogP contribution >= 0.6 is 0 Å². The highest BCUT2D eigenvalue weighted by Crippen LogP contribution is 2.47. The third kappa shape index (κ3) is 4.91. The number of aryl methyl sites for hydroxylation is 3. The Hall–Kier alpha value is -4.04. The molecule has 3 atom stereocenters. The van der Waals surface area contributed by atoms with Gasteiger partial charge in [-0.1, -0.05) is 35.9 Å². The summed E-state index contributed by atoms with van der Waals surface area (Å²) in [4.78, 5) is 28.1. The van der Waals surface area contributed by atoms with Crippen molar-refractivity contribution in [3.05, 3.63) is 82.4 Å². The molecule has 5 rings (SSSR count). The third-order valence-electron chi connectivity index (χ3n) is 7.45. The van der Waals surface area contributed by atoms with Gasteiger partial charge in [-0.3, -0.25) is 14.5 Å². The first-order valence-electron chi connectivity index (χ1n) is 12.6. The molecular formula is C30H32N2O6. The minimum absolute atomic E-state index is 0.0499. The van der Waals surface area contributed by atoms with Crippen LogP contribution in [-0.2, 0) is 9.59 Å². The average molecular weight is 517 g/mol. The standard InChI is InChI=1S/C30H32N2O6/c1-17-11-18(2)28(19(3)12-17)31-26(33)15-32-14-23(21-7-10-24-25(13-21)38-16-37-24)27(30(34)35)29(32)20-5-8-22(36-4)9-6-20/h5-13,23,27,29H,14-16H2,1-4H3,(H,31,33)(H,34,35). The number of rotatable bonds is 7.